The van der Waals surface area contributed by atoms with E-state index in [1.165, 1.54) is 36.4 Å². The molecule has 0 N–H and O–H groups in total. The third kappa shape index (κ3) is 3.88. The van der Waals surface area contributed by atoms with Crippen LogP contribution in [-0.2, 0) is 21.0 Å². The topological polar surface area (TPSA) is 86.8 Å². The quantitative estimate of drug-likeness (QED) is 0.627. The Morgan fingerprint density at radius 1 is 1.11 bits per heavy atom. The van der Waals surface area contributed by atoms with Crippen LogP contribution in [0.2, 0.25) is 0 Å². The molecule has 0 radical (unpaired) electrons. The van der Waals surface area contributed by atoms with Gasteiger partial charge in [-0.1, -0.05) is 22.4 Å². The normalized spacial score (nSPS) is 15.8. The Hall–Kier alpha value is -3.62. The van der Waals surface area contributed by atoms with Crippen LogP contribution in [0.3, 0.4) is 0 Å². The first kappa shape index (κ1) is 17.8. The van der Waals surface area contributed by atoms with Crippen LogP contribution in [0.5, 0.6) is 0 Å². The summed E-state index contributed by atoms with van der Waals surface area (Å²) in [6.07, 6.45) is -0.767. The second kappa shape index (κ2) is 7.55. The monoisotopic (exact) mass is 385 g/mol. The van der Waals surface area contributed by atoms with Crippen molar-refractivity contribution in [3.05, 3.63) is 71.6 Å². The highest BCUT2D eigenvalue weighted by atomic mass is 19.1. The summed E-state index contributed by atoms with van der Waals surface area (Å²) >= 11 is 0. The van der Waals surface area contributed by atoms with Crippen molar-refractivity contribution >= 4 is 11.7 Å². The maximum atomic E-state index is 13.3. The van der Waals surface area contributed by atoms with Gasteiger partial charge in [0, 0.05) is 17.5 Å². The summed E-state index contributed by atoms with van der Waals surface area (Å²) in [4.78, 5) is 21.3. The molecule has 1 unspecified atom stereocenters. The Bertz CT molecular complexity index is 1030. The fourth-order valence-corrected chi connectivity index (χ4v) is 2.59. The number of carbonyl (C=O) groups excluding carboxylic acids is 1. The zero-order valence-corrected chi connectivity index (χ0v) is 14.3. The van der Waals surface area contributed by atoms with Gasteiger partial charge in [0.15, 0.2) is 6.61 Å². The van der Waals surface area contributed by atoms with E-state index < -0.39 is 17.9 Å². The molecule has 7 nitrogen and oxygen atoms in total. The number of aromatic nitrogens is 2. The largest absolute Gasteiger partial charge is 0.454 e. The number of nitrogens with zero attached hydrogens (tertiary/aromatic N) is 3. The van der Waals surface area contributed by atoms with E-state index in [2.05, 4.69) is 15.3 Å². The van der Waals surface area contributed by atoms with Gasteiger partial charge in [-0.25, -0.2) is 13.6 Å². The number of hydrogen-bond acceptors (Lipinski definition) is 7. The summed E-state index contributed by atoms with van der Waals surface area (Å²) < 4.78 is 36.5. The number of carbonyl (C=O) groups is 1. The molecule has 1 atom stereocenters. The van der Waals surface area contributed by atoms with E-state index in [4.69, 9.17) is 14.1 Å². The second-order valence-electron chi connectivity index (χ2n) is 5.98. The Morgan fingerprint density at radius 3 is 2.71 bits per heavy atom. The van der Waals surface area contributed by atoms with Crippen LogP contribution >= 0.6 is 0 Å². The predicted octanol–water partition coefficient (Wildman–Crippen LogP) is 3.25. The van der Waals surface area contributed by atoms with Gasteiger partial charge < -0.3 is 14.1 Å². The van der Waals surface area contributed by atoms with Crippen LogP contribution in [0.15, 0.2) is 58.2 Å². The highest BCUT2D eigenvalue weighted by molar-refractivity contribution is 6.03. The first-order valence-electron chi connectivity index (χ1n) is 8.32. The molecule has 3 aromatic rings. The highest BCUT2D eigenvalue weighted by Gasteiger charge is 2.30. The molecule has 0 bridgehead atoms. The van der Waals surface area contributed by atoms with Gasteiger partial charge in [-0.05, 0) is 36.4 Å². The molecule has 142 valence electrons. The Balaban J connectivity index is 1.32. The summed E-state index contributed by atoms with van der Waals surface area (Å²) in [6, 6.07) is 11.4. The molecule has 2 aromatic carbocycles. The Morgan fingerprint density at radius 2 is 1.93 bits per heavy atom. The van der Waals surface area contributed by atoms with Crippen molar-refractivity contribution in [2.45, 2.75) is 19.1 Å². The number of halogens is 2. The fraction of sp³-hybridized carbons (Fsp3) is 0.158. The van der Waals surface area contributed by atoms with Crippen LogP contribution in [0.4, 0.5) is 8.78 Å². The van der Waals surface area contributed by atoms with E-state index >= 15 is 0 Å². The van der Waals surface area contributed by atoms with Gasteiger partial charge in [0.1, 0.15) is 11.6 Å². The van der Waals surface area contributed by atoms with Crippen molar-refractivity contribution in [1.29, 1.82) is 0 Å². The molecule has 0 saturated carbocycles. The van der Waals surface area contributed by atoms with Crippen molar-refractivity contribution in [1.82, 2.24) is 10.1 Å². The van der Waals surface area contributed by atoms with Crippen LogP contribution in [0, 0.1) is 11.6 Å². The molecule has 28 heavy (non-hydrogen) atoms. The number of benzene rings is 2. The molecular formula is C19H13F2N3O4. The molecule has 1 aromatic heterocycles. The van der Waals surface area contributed by atoms with Gasteiger partial charge in [0.2, 0.25) is 11.9 Å². The van der Waals surface area contributed by atoms with Crippen molar-refractivity contribution in [2.24, 2.45) is 5.16 Å². The summed E-state index contributed by atoms with van der Waals surface area (Å²) in [5.41, 5.74) is 1.54. The van der Waals surface area contributed by atoms with E-state index in [0.717, 1.165) is 0 Å². The number of oxime groups is 1. The fourth-order valence-electron chi connectivity index (χ4n) is 2.59. The van der Waals surface area contributed by atoms with Crippen molar-refractivity contribution in [3.63, 3.8) is 0 Å². The zero-order chi connectivity index (χ0) is 19.5. The Labute approximate surface area is 157 Å². The number of rotatable bonds is 5. The van der Waals surface area contributed by atoms with Crippen LogP contribution in [-0.4, -0.2) is 27.9 Å². The molecule has 9 heteroatoms. The summed E-state index contributed by atoms with van der Waals surface area (Å²) in [7, 11) is 0. The van der Waals surface area contributed by atoms with E-state index in [1.54, 1.807) is 12.1 Å². The first-order chi connectivity index (χ1) is 13.6. The molecule has 1 aliphatic heterocycles. The molecule has 0 aliphatic carbocycles. The highest BCUT2D eigenvalue weighted by Crippen LogP contribution is 2.20. The number of esters is 1. The minimum absolute atomic E-state index is 0.150. The molecule has 0 saturated heterocycles. The van der Waals surface area contributed by atoms with Crippen LogP contribution in [0.1, 0.15) is 17.8 Å². The lowest BCUT2D eigenvalue weighted by atomic mass is 10.1. The summed E-state index contributed by atoms with van der Waals surface area (Å²) in [5, 5.41) is 7.54. The minimum atomic E-state index is -0.929. The molecule has 0 amide bonds. The molecule has 2 heterocycles. The van der Waals surface area contributed by atoms with Gasteiger partial charge in [0.25, 0.3) is 5.89 Å². The average Bonchev–Trinajstić information content (AvgIpc) is 3.37. The van der Waals surface area contributed by atoms with Crippen molar-refractivity contribution < 1.29 is 27.7 Å². The van der Waals surface area contributed by atoms with E-state index in [-0.39, 0.29) is 30.6 Å². The van der Waals surface area contributed by atoms with Crippen molar-refractivity contribution in [3.8, 4) is 11.5 Å². The zero-order valence-electron chi connectivity index (χ0n) is 14.3. The maximum Gasteiger partial charge on any atom is 0.351 e. The average molecular weight is 385 g/mol. The van der Waals surface area contributed by atoms with Gasteiger partial charge in [-0.3, -0.25) is 0 Å². The third-order valence-corrected chi connectivity index (χ3v) is 3.99. The van der Waals surface area contributed by atoms with E-state index in [1.807, 2.05) is 0 Å². The SMILES string of the molecule is O=C(OCc1noc(-c2ccc(F)cc2)n1)C1CC(c2cccc(F)c2)=NO1. The van der Waals surface area contributed by atoms with Crippen molar-refractivity contribution in [2.75, 3.05) is 0 Å². The third-order valence-electron chi connectivity index (χ3n) is 3.99. The standard InChI is InChI=1S/C19H13F2N3O4/c20-13-6-4-11(5-7-13)18-22-17(24-28-18)10-26-19(25)16-9-15(23-27-16)12-2-1-3-14(21)8-12/h1-8,16H,9-10H2. The molecule has 0 fully saturated rings. The van der Waals surface area contributed by atoms with E-state index in [9.17, 15) is 13.6 Å². The second-order valence-corrected chi connectivity index (χ2v) is 5.98. The van der Waals surface area contributed by atoms with Crippen LogP contribution in [0.25, 0.3) is 11.5 Å². The smallest absolute Gasteiger partial charge is 0.351 e. The molecule has 0 spiro atoms. The van der Waals surface area contributed by atoms with Crippen LogP contribution < -0.4 is 0 Å². The lowest BCUT2D eigenvalue weighted by Crippen LogP contribution is -2.23. The lowest BCUT2D eigenvalue weighted by molar-refractivity contribution is -0.157. The van der Waals surface area contributed by atoms with Gasteiger partial charge in [-0.15, -0.1) is 0 Å². The van der Waals surface area contributed by atoms with Gasteiger partial charge >= 0.3 is 5.97 Å². The first-order valence-corrected chi connectivity index (χ1v) is 8.32. The summed E-state index contributed by atoms with van der Waals surface area (Å²) in [5.74, 6) is -1.10. The number of hydrogen-bond donors (Lipinski definition) is 0. The van der Waals surface area contributed by atoms with E-state index in [0.29, 0.717) is 16.8 Å². The molecule has 1 aliphatic rings. The minimum Gasteiger partial charge on any atom is -0.454 e. The number of ether oxygens (including phenoxy) is 1. The lowest BCUT2D eigenvalue weighted by Gasteiger charge is -2.06. The Kier molecular flexibility index (Phi) is 4.79. The molecule has 4 rings (SSSR count). The van der Waals surface area contributed by atoms with Gasteiger partial charge in [-0.2, -0.15) is 4.98 Å². The van der Waals surface area contributed by atoms with Gasteiger partial charge in [0.05, 0.1) is 5.71 Å². The maximum absolute atomic E-state index is 13.3. The predicted molar refractivity (Wildman–Crippen MR) is 91.9 cm³/mol. The summed E-state index contributed by atoms with van der Waals surface area (Å²) in [6.45, 7) is -0.224. The molecular weight excluding hydrogens is 372 g/mol.